The van der Waals surface area contributed by atoms with Crippen molar-refractivity contribution in [2.45, 2.75) is 58.5 Å². The van der Waals surface area contributed by atoms with Gasteiger partial charge in [0, 0.05) is 24.7 Å². The average molecular weight is 237 g/mol. The molecule has 0 aliphatic carbocycles. The standard InChI is InChI=1S/C13H23N3O/c1-4-10(3)16-7-6-12(15-16)9-13(17)8-11(14)5-2/h6-7,10-11H,4-5,8-9,14H2,1-3H3. The van der Waals surface area contributed by atoms with Gasteiger partial charge in [-0.1, -0.05) is 13.8 Å². The Balaban J connectivity index is 2.51. The van der Waals surface area contributed by atoms with Crippen LogP contribution in [0.15, 0.2) is 12.3 Å². The molecule has 96 valence electrons. The highest BCUT2D eigenvalue weighted by Gasteiger charge is 2.11. The van der Waals surface area contributed by atoms with Gasteiger partial charge < -0.3 is 5.73 Å². The zero-order valence-corrected chi connectivity index (χ0v) is 11.0. The van der Waals surface area contributed by atoms with Crippen molar-refractivity contribution >= 4 is 5.78 Å². The highest BCUT2D eigenvalue weighted by atomic mass is 16.1. The first-order chi connectivity index (χ1) is 8.06. The van der Waals surface area contributed by atoms with Crippen LogP contribution in [0.5, 0.6) is 0 Å². The van der Waals surface area contributed by atoms with E-state index >= 15 is 0 Å². The summed E-state index contributed by atoms with van der Waals surface area (Å²) in [6.07, 6.45) is 4.67. The van der Waals surface area contributed by atoms with E-state index in [2.05, 4.69) is 18.9 Å². The number of Topliss-reactive ketones (excluding diaryl/α,β-unsaturated/α-hetero) is 1. The minimum absolute atomic E-state index is 0.0147. The molecule has 1 aromatic rings. The van der Waals surface area contributed by atoms with E-state index in [0.29, 0.717) is 18.9 Å². The Hall–Kier alpha value is -1.16. The number of carbonyl (C=O) groups excluding carboxylic acids is 1. The van der Waals surface area contributed by atoms with Gasteiger partial charge in [-0.25, -0.2) is 0 Å². The summed E-state index contributed by atoms with van der Waals surface area (Å²) in [5, 5.41) is 4.41. The van der Waals surface area contributed by atoms with Crippen molar-refractivity contribution < 1.29 is 4.79 Å². The molecule has 0 aromatic carbocycles. The minimum atomic E-state index is -0.0147. The first-order valence-corrected chi connectivity index (χ1v) is 6.38. The molecular formula is C13H23N3O. The number of hydrogen-bond donors (Lipinski definition) is 1. The van der Waals surface area contributed by atoms with Crippen LogP contribution in [0.25, 0.3) is 0 Å². The first-order valence-electron chi connectivity index (χ1n) is 6.38. The van der Waals surface area contributed by atoms with Crippen LogP contribution in [-0.2, 0) is 11.2 Å². The third-order valence-corrected chi connectivity index (χ3v) is 3.10. The first kappa shape index (κ1) is 13.9. The Morgan fingerprint density at radius 1 is 1.47 bits per heavy atom. The van der Waals surface area contributed by atoms with E-state index in [1.807, 2.05) is 23.9 Å². The van der Waals surface area contributed by atoms with E-state index < -0.39 is 0 Å². The molecule has 0 radical (unpaired) electrons. The molecule has 17 heavy (non-hydrogen) atoms. The number of nitrogens with zero attached hydrogens (tertiary/aromatic N) is 2. The Labute approximate surface area is 103 Å². The molecule has 4 heteroatoms. The molecule has 0 amide bonds. The summed E-state index contributed by atoms with van der Waals surface area (Å²) >= 11 is 0. The van der Waals surface area contributed by atoms with Gasteiger partial charge in [-0.15, -0.1) is 0 Å². The van der Waals surface area contributed by atoms with Crippen molar-refractivity contribution in [3.63, 3.8) is 0 Å². The second kappa shape index (κ2) is 6.55. The van der Waals surface area contributed by atoms with Gasteiger partial charge >= 0.3 is 0 Å². The molecular weight excluding hydrogens is 214 g/mol. The van der Waals surface area contributed by atoms with E-state index in [4.69, 9.17) is 5.73 Å². The lowest BCUT2D eigenvalue weighted by atomic mass is 10.1. The molecule has 1 rings (SSSR count). The van der Waals surface area contributed by atoms with Crippen molar-refractivity contribution in [3.05, 3.63) is 18.0 Å². The molecule has 0 saturated heterocycles. The van der Waals surface area contributed by atoms with Gasteiger partial charge in [0.1, 0.15) is 5.78 Å². The Morgan fingerprint density at radius 2 is 2.18 bits per heavy atom. The molecule has 0 aliphatic heterocycles. The molecule has 1 heterocycles. The van der Waals surface area contributed by atoms with Crippen molar-refractivity contribution in [3.8, 4) is 0 Å². The molecule has 0 spiro atoms. The monoisotopic (exact) mass is 237 g/mol. The summed E-state index contributed by atoms with van der Waals surface area (Å²) in [5.74, 6) is 0.175. The molecule has 1 aromatic heterocycles. The zero-order valence-electron chi connectivity index (χ0n) is 11.0. The number of rotatable bonds is 7. The lowest BCUT2D eigenvalue weighted by Crippen LogP contribution is -2.23. The van der Waals surface area contributed by atoms with Crippen LogP contribution in [-0.4, -0.2) is 21.6 Å². The topological polar surface area (TPSA) is 60.9 Å². The van der Waals surface area contributed by atoms with Crippen LogP contribution in [0.2, 0.25) is 0 Å². The highest BCUT2D eigenvalue weighted by molar-refractivity contribution is 5.80. The maximum atomic E-state index is 11.7. The van der Waals surface area contributed by atoms with Crippen LogP contribution < -0.4 is 5.73 Å². The fraction of sp³-hybridized carbons (Fsp3) is 0.692. The van der Waals surface area contributed by atoms with E-state index in [9.17, 15) is 4.79 Å². The summed E-state index contributed by atoms with van der Waals surface area (Å²) in [6.45, 7) is 6.23. The van der Waals surface area contributed by atoms with Crippen LogP contribution >= 0.6 is 0 Å². The number of ketones is 1. The molecule has 0 fully saturated rings. The number of nitrogens with two attached hydrogens (primary N) is 1. The molecule has 4 nitrogen and oxygen atoms in total. The lowest BCUT2D eigenvalue weighted by Gasteiger charge is -2.08. The van der Waals surface area contributed by atoms with Crippen molar-refractivity contribution in [1.29, 1.82) is 0 Å². The Kier molecular flexibility index (Phi) is 5.35. The maximum absolute atomic E-state index is 11.7. The fourth-order valence-corrected chi connectivity index (χ4v) is 1.62. The molecule has 2 atom stereocenters. The molecule has 0 aliphatic rings. The van der Waals surface area contributed by atoms with Crippen LogP contribution in [0.1, 0.15) is 51.8 Å². The van der Waals surface area contributed by atoms with Crippen molar-refractivity contribution in [2.24, 2.45) is 5.73 Å². The third kappa shape index (κ3) is 4.30. The van der Waals surface area contributed by atoms with Crippen molar-refractivity contribution in [1.82, 2.24) is 9.78 Å². The van der Waals surface area contributed by atoms with Gasteiger partial charge in [-0.2, -0.15) is 5.10 Å². The zero-order chi connectivity index (χ0) is 12.8. The van der Waals surface area contributed by atoms with Crippen LogP contribution in [0, 0.1) is 0 Å². The second-order valence-electron chi connectivity index (χ2n) is 4.63. The predicted molar refractivity (Wildman–Crippen MR) is 68.8 cm³/mol. The van der Waals surface area contributed by atoms with Crippen LogP contribution in [0.3, 0.4) is 0 Å². The van der Waals surface area contributed by atoms with Crippen LogP contribution in [0.4, 0.5) is 0 Å². The number of carbonyl (C=O) groups is 1. The SMILES string of the molecule is CCC(N)CC(=O)Cc1ccn(C(C)CC)n1. The highest BCUT2D eigenvalue weighted by Crippen LogP contribution is 2.10. The molecule has 2 unspecified atom stereocenters. The quantitative estimate of drug-likeness (QED) is 0.790. The summed E-state index contributed by atoms with van der Waals surface area (Å²) in [7, 11) is 0. The lowest BCUT2D eigenvalue weighted by molar-refractivity contribution is -0.118. The van der Waals surface area contributed by atoms with Crippen molar-refractivity contribution in [2.75, 3.05) is 0 Å². The van der Waals surface area contributed by atoms with E-state index in [-0.39, 0.29) is 11.8 Å². The maximum Gasteiger partial charge on any atom is 0.140 e. The van der Waals surface area contributed by atoms with E-state index in [0.717, 1.165) is 18.5 Å². The normalized spacial score (nSPS) is 14.6. The number of hydrogen-bond acceptors (Lipinski definition) is 3. The summed E-state index contributed by atoms with van der Waals surface area (Å²) in [5.41, 5.74) is 6.60. The molecule has 2 N–H and O–H groups in total. The van der Waals surface area contributed by atoms with Gasteiger partial charge in [0.05, 0.1) is 12.1 Å². The Bertz CT molecular complexity index is 359. The minimum Gasteiger partial charge on any atom is -0.327 e. The second-order valence-corrected chi connectivity index (χ2v) is 4.63. The Morgan fingerprint density at radius 3 is 2.76 bits per heavy atom. The van der Waals surface area contributed by atoms with Gasteiger partial charge in [0.2, 0.25) is 0 Å². The average Bonchev–Trinajstić information content (AvgIpc) is 2.76. The van der Waals surface area contributed by atoms with E-state index in [1.165, 1.54) is 0 Å². The van der Waals surface area contributed by atoms with Gasteiger partial charge in [0.25, 0.3) is 0 Å². The summed E-state index contributed by atoms with van der Waals surface area (Å²) in [6, 6.07) is 2.29. The van der Waals surface area contributed by atoms with E-state index in [1.54, 1.807) is 0 Å². The molecule has 0 bridgehead atoms. The summed E-state index contributed by atoms with van der Waals surface area (Å²) in [4.78, 5) is 11.7. The van der Waals surface area contributed by atoms with Gasteiger partial charge in [0.15, 0.2) is 0 Å². The fourth-order valence-electron chi connectivity index (χ4n) is 1.62. The van der Waals surface area contributed by atoms with Gasteiger partial charge in [-0.3, -0.25) is 9.48 Å². The van der Waals surface area contributed by atoms with Gasteiger partial charge in [-0.05, 0) is 25.8 Å². The molecule has 0 saturated carbocycles. The summed E-state index contributed by atoms with van der Waals surface area (Å²) < 4.78 is 1.92. The largest absolute Gasteiger partial charge is 0.327 e. The number of aromatic nitrogens is 2. The smallest absolute Gasteiger partial charge is 0.140 e. The predicted octanol–water partition coefficient (Wildman–Crippen LogP) is 2.09. The third-order valence-electron chi connectivity index (χ3n) is 3.10.